The molecule has 0 aromatic heterocycles. The second kappa shape index (κ2) is 14.3. The molecule has 8 heteroatoms. The Bertz CT molecular complexity index is 604. The first kappa shape index (κ1) is 25.3. The molecule has 1 N–H and O–H groups in total. The van der Waals surface area contributed by atoms with Crippen LogP contribution in [0.15, 0.2) is 23.2 Å². The lowest BCUT2D eigenvalue weighted by molar-refractivity contribution is 0.0536. The Hall–Kier alpha value is -0.770. The Morgan fingerprint density at radius 3 is 2.86 bits per heavy atom. The molecule has 0 bridgehead atoms. The van der Waals surface area contributed by atoms with Crippen molar-refractivity contribution in [2.24, 2.45) is 10.9 Å². The molecule has 1 atom stereocenters. The van der Waals surface area contributed by atoms with Crippen LogP contribution in [0.25, 0.3) is 0 Å². The smallest absolute Gasteiger partial charge is 0.193 e. The Labute approximate surface area is 191 Å². The van der Waals surface area contributed by atoms with Crippen molar-refractivity contribution < 1.29 is 14.2 Å². The van der Waals surface area contributed by atoms with Gasteiger partial charge in [0, 0.05) is 44.7 Å². The van der Waals surface area contributed by atoms with Gasteiger partial charge >= 0.3 is 0 Å². The number of likely N-dealkylation sites (tertiary alicyclic amines) is 1. The molecule has 160 valence electrons. The van der Waals surface area contributed by atoms with Gasteiger partial charge in [0.25, 0.3) is 0 Å². The van der Waals surface area contributed by atoms with Crippen LogP contribution in [0.5, 0.6) is 5.75 Å². The van der Waals surface area contributed by atoms with E-state index < -0.39 is 0 Å². The quantitative estimate of drug-likeness (QED) is 0.219. The number of hydrogen-bond donors (Lipinski definition) is 1. The molecule has 0 radical (unpaired) electrons. The third-order valence-electron chi connectivity index (χ3n) is 4.58. The average molecular weight is 526 g/mol. The zero-order valence-corrected chi connectivity index (χ0v) is 20.2. The molecule has 1 aromatic rings. The van der Waals surface area contributed by atoms with Gasteiger partial charge in [0.15, 0.2) is 5.96 Å². The minimum atomic E-state index is 0. The van der Waals surface area contributed by atoms with Gasteiger partial charge in [-0.2, -0.15) is 0 Å². The van der Waals surface area contributed by atoms with Crippen LogP contribution < -0.4 is 10.1 Å². The van der Waals surface area contributed by atoms with Gasteiger partial charge in [-0.15, -0.1) is 24.0 Å². The summed E-state index contributed by atoms with van der Waals surface area (Å²) in [5.74, 6) is 2.40. The number of methoxy groups -OCH3 is 1. The first-order chi connectivity index (χ1) is 13.1. The number of guanidine groups is 1. The number of aryl methyl sites for hydroxylation is 1. The van der Waals surface area contributed by atoms with Crippen molar-refractivity contribution in [1.82, 2.24) is 10.2 Å². The molecule has 6 nitrogen and oxygen atoms in total. The summed E-state index contributed by atoms with van der Waals surface area (Å²) in [4.78, 5) is 6.71. The minimum absolute atomic E-state index is 0. The normalized spacial score (nSPS) is 16.8. The molecule has 2 rings (SSSR count). The third kappa shape index (κ3) is 8.71. The van der Waals surface area contributed by atoms with Crippen molar-refractivity contribution >= 4 is 41.5 Å². The molecule has 1 saturated heterocycles. The monoisotopic (exact) mass is 525 g/mol. The lowest BCUT2D eigenvalue weighted by Gasteiger charge is -2.22. The highest BCUT2D eigenvalue weighted by Gasteiger charge is 2.24. The molecule has 1 heterocycles. The molecule has 1 aromatic carbocycles. The van der Waals surface area contributed by atoms with E-state index in [1.54, 1.807) is 7.11 Å². The van der Waals surface area contributed by atoms with Gasteiger partial charge in [-0.3, -0.25) is 4.99 Å². The largest absolute Gasteiger partial charge is 0.493 e. The number of rotatable bonds is 10. The second-order valence-corrected chi connectivity index (χ2v) is 7.19. The fraction of sp³-hybridized carbons (Fsp3) is 0.650. The first-order valence-corrected chi connectivity index (χ1v) is 9.93. The van der Waals surface area contributed by atoms with E-state index in [2.05, 4.69) is 15.2 Å². The van der Waals surface area contributed by atoms with E-state index >= 15 is 0 Å². The van der Waals surface area contributed by atoms with Gasteiger partial charge in [-0.25, -0.2) is 0 Å². The van der Waals surface area contributed by atoms with Crippen LogP contribution in [-0.2, 0) is 9.47 Å². The van der Waals surface area contributed by atoms with Crippen LogP contribution in [0.3, 0.4) is 0 Å². The van der Waals surface area contributed by atoms with E-state index in [1.165, 1.54) is 0 Å². The maximum absolute atomic E-state index is 5.97. The van der Waals surface area contributed by atoms with Gasteiger partial charge in [-0.05, 0) is 43.5 Å². The summed E-state index contributed by atoms with van der Waals surface area (Å²) in [7, 11) is 3.52. The van der Waals surface area contributed by atoms with Gasteiger partial charge in [0.2, 0.25) is 0 Å². The van der Waals surface area contributed by atoms with Crippen molar-refractivity contribution in [3.05, 3.63) is 28.8 Å². The molecule has 1 aliphatic heterocycles. The van der Waals surface area contributed by atoms with E-state index in [4.69, 9.17) is 25.8 Å². The summed E-state index contributed by atoms with van der Waals surface area (Å²) >= 11 is 5.97. The van der Waals surface area contributed by atoms with E-state index in [0.29, 0.717) is 25.7 Å². The third-order valence-corrected chi connectivity index (χ3v) is 4.82. The van der Waals surface area contributed by atoms with Crippen LogP contribution in [0, 0.1) is 12.8 Å². The Morgan fingerprint density at radius 1 is 1.32 bits per heavy atom. The lowest BCUT2D eigenvalue weighted by atomic mass is 10.1. The molecule has 28 heavy (non-hydrogen) atoms. The fourth-order valence-electron chi connectivity index (χ4n) is 3.11. The summed E-state index contributed by atoms with van der Waals surface area (Å²) < 4.78 is 16.5. The van der Waals surface area contributed by atoms with Crippen LogP contribution in [-0.4, -0.2) is 71.1 Å². The van der Waals surface area contributed by atoms with Crippen molar-refractivity contribution in [1.29, 1.82) is 0 Å². The standard InChI is InChI=1S/C20H32ClN3O3.HI/c1-16-13-18(21)5-6-19(16)27-10-4-8-23-20(22-2)24-9-7-17(14-24)15-26-12-11-25-3;/h5-6,13,17H,4,7-12,14-15H2,1-3H3,(H,22,23);1H. The predicted octanol–water partition coefficient (Wildman–Crippen LogP) is 3.60. The van der Waals surface area contributed by atoms with Crippen LogP contribution in [0.2, 0.25) is 5.02 Å². The van der Waals surface area contributed by atoms with Crippen molar-refractivity contribution in [3.8, 4) is 5.75 Å². The Morgan fingerprint density at radius 2 is 2.14 bits per heavy atom. The molecular weight excluding hydrogens is 493 g/mol. The van der Waals surface area contributed by atoms with E-state index in [1.807, 2.05) is 32.2 Å². The maximum atomic E-state index is 5.97. The zero-order valence-electron chi connectivity index (χ0n) is 17.1. The molecule has 0 aliphatic carbocycles. The van der Waals surface area contributed by atoms with Crippen LogP contribution in [0.1, 0.15) is 18.4 Å². The second-order valence-electron chi connectivity index (χ2n) is 6.75. The number of halogens is 2. The van der Waals surface area contributed by atoms with Gasteiger partial charge < -0.3 is 24.4 Å². The number of benzene rings is 1. The highest BCUT2D eigenvalue weighted by Crippen LogP contribution is 2.21. The molecular formula is C20H33ClIN3O3. The van der Waals surface area contributed by atoms with Crippen molar-refractivity contribution in [3.63, 3.8) is 0 Å². The summed E-state index contributed by atoms with van der Waals surface area (Å²) in [6, 6.07) is 5.69. The Kier molecular flexibility index (Phi) is 12.9. The highest BCUT2D eigenvalue weighted by atomic mass is 127. The lowest BCUT2D eigenvalue weighted by Crippen LogP contribution is -2.40. The number of hydrogen-bond acceptors (Lipinski definition) is 4. The topological polar surface area (TPSA) is 55.3 Å². The first-order valence-electron chi connectivity index (χ1n) is 9.55. The molecule has 0 saturated carbocycles. The summed E-state index contributed by atoms with van der Waals surface area (Å²) in [6.45, 7) is 7.57. The number of ether oxygens (including phenoxy) is 3. The highest BCUT2D eigenvalue weighted by molar-refractivity contribution is 14.0. The minimum Gasteiger partial charge on any atom is -0.493 e. The maximum Gasteiger partial charge on any atom is 0.193 e. The number of aliphatic imine (C=N–C) groups is 1. The summed E-state index contributed by atoms with van der Waals surface area (Å²) in [6.07, 6.45) is 2.03. The van der Waals surface area contributed by atoms with Gasteiger partial charge in [0.1, 0.15) is 5.75 Å². The molecule has 1 fully saturated rings. The SMILES string of the molecule is CN=C(NCCCOc1ccc(Cl)cc1C)N1CCC(COCCOC)C1.I. The molecule has 1 aliphatic rings. The van der Waals surface area contributed by atoms with Gasteiger partial charge in [-0.1, -0.05) is 11.6 Å². The number of nitrogens with zero attached hydrogens (tertiary/aromatic N) is 2. The van der Waals surface area contributed by atoms with Crippen LogP contribution >= 0.6 is 35.6 Å². The molecule has 0 spiro atoms. The van der Waals surface area contributed by atoms with E-state index in [-0.39, 0.29) is 24.0 Å². The average Bonchev–Trinajstić information content (AvgIpc) is 3.12. The summed E-state index contributed by atoms with van der Waals surface area (Å²) in [5.41, 5.74) is 1.06. The van der Waals surface area contributed by atoms with Gasteiger partial charge in [0.05, 0.1) is 26.4 Å². The van der Waals surface area contributed by atoms with Crippen LogP contribution in [0.4, 0.5) is 0 Å². The fourth-order valence-corrected chi connectivity index (χ4v) is 3.34. The summed E-state index contributed by atoms with van der Waals surface area (Å²) in [5, 5.41) is 4.17. The number of nitrogens with one attached hydrogen (secondary N) is 1. The Balaban J connectivity index is 0.00000392. The zero-order chi connectivity index (χ0) is 19.5. The van der Waals surface area contributed by atoms with E-state index in [9.17, 15) is 0 Å². The molecule has 1 unspecified atom stereocenters. The van der Waals surface area contributed by atoms with E-state index in [0.717, 1.165) is 61.4 Å². The van der Waals surface area contributed by atoms with Crippen molar-refractivity contribution in [2.75, 3.05) is 60.2 Å². The predicted molar refractivity (Wildman–Crippen MR) is 125 cm³/mol. The van der Waals surface area contributed by atoms with Crippen molar-refractivity contribution in [2.45, 2.75) is 19.8 Å². The molecule has 0 amide bonds.